The van der Waals surface area contributed by atoms with Crippen molar-refractivity contribution < 1.29 is 0 Å². The number of piperidine rings is 1. The zero-order valence-corrected chi connectivity index (χ0v) is 9.39. The minimum absolute atomic E-state index is 0.757. The molecule has 0 radical (unpaired) electrons. The topological polar surface area (TPSA) is 3.24 Å². The summed E-state index contributed by atoms with van der Waals surface area (Å²) in [4.78, 5) is 3.42. The first-order valence-electron chi connectivity index (χ1n) is 5.14. The van der Waals surface area contributed by atoms with Crippen LogP contribution in [0.4, 0.5) is 0 Å². The summed E-state index contributed by atoms with van der Waals surface area (Å²) in [5.41, 5.74) is 0. The van der Waals surface area contributed by atoms with E-state index in [2.05, 4.69) is 27.8 Å². The number of hydrogen-bond acceptors (Lipinski definition) is 1. The van der Waals surface area contributed by atoms with Gasteiger partial charge in [0.2, 0.25) is 0 Å². The van der Waals surface area contributed by atoms with E-state index in [0.29, 0.717) is 0 Å². The molecule has 1 saturated carbocycles. The zero-order chi connectivity index (χ0) is 8.55. The summed E-state index contributed by atoms with van der Waals surface area (Å²) in [6.07, 6.45) is 5.71. The van der Waals surface area contributed by atoms with Crippen LogP contribution in [0.1, 0.15) is 32.6 Å². The van der Waals surface area contributed by atoms with Gasteiger partial charge in [0.25, 0.3) is 0 Å². The highest BCUT2D eigenvalue weighted by Crippen LogP contribution is 2.32. The van der Waals surface area contributed by atoms with Crippen molar-refractivity contribution in [3.05, 3.63) is 0 Å². The Kier molecular flexibility index (Phi) is 2.75. The Balaban J connectivity index is 1.82. The Hall–Kier alpha value is 0.440. The summed E-state index contributed by atoms with van der Waals surface area (Å²) in [5.74, 6) is 1.05. The fourth-order valence-electron chi connectivity index (χ4n) is 2.02. The van der Waals surface area contributed by atoms with Crippen molar-refractivity contribution in [3.63, 3.8) is 0 Å². The van der Waals surface area contributed by atoms with Crippen molar-refractivity contribution in [1.82, 2.24) is 4.90 Å². The number of hydrogen-bond donors (Lipinski definition) is 0. The second-order valence-corrected chi connectivity index (χ2v) is 5.72. The molecule has 0 amide bonds. The largest absolute Gasteiger partial charge is 0.299 e. The standard InChI is InChI=1S/C10H18BrN/c1-8-2-5-10(11)7-12(8)6-9-3-4-9/h8-10H,2-7H2,1H3. The van der Waals surface area contributed by atoms with Crippen LogP contribution in [0.2, 0.25) is 0 Å². The number of alkyl halides is 1. The monoisotopic (exact) mass is 231 g/mol. The van der Waals surface area contributed by atoms with Crippen LogP contribution < -0.4 is 0 Å². The van der Waals surface area contributed by atoms with E-state index in [1.54, 1.807) is 0 Å². The average molecular weight is 232 g/mol. The quantitative estimate of drug-likeness (QED) is 0.661. The molecule has 1 aliphatic heterocycles. The van der Waals surface area contributed by atoms with Crippen molar-refractivity contribution in [2.75, 3.05) is 13.1 Å². The molecular formula is C10H18BrN. The molecule has 1 nitrogen and oxygen atoms in total. The van der Waals surface area contributed by atoms with Crippen LogP contribution in [0.25, 0.3) is 0 Å². The highest BCUT2D eigenvalue weighted by atomic mass is 79.9. The molecule has 0 bridgehead atoms. The van der Waals surface area contributed by atoms with E-state index in [-0.39, 0.29) is 0 Å². The van der Waals surface area contributed by atoms with Crippen LogP contribution in [0.3, 0.4) is 0 Å². The highest BCUT2D eigenvalue weighted by Gasteiger charge is 2.29. The molecule has 1 aliphatic carbocycles. The lowest BCUT2D eigenvalue weighted by Crippen LogP contribution is -2.43. The third kappa shape index (κ3) is 2.23. The lowest BCUT2D eigenvalue weighted by Gasteiger charge is -2.36. The predicted molar refractivity (Wildman–Crippen MR) is 55.7 cm³/mol. The summed E-state index contributed by atoms with van der Waals surface area (Å²) in [7, 11) is 0. The zero-order valence-electron chi connectivity index (χ0n) is 7.80. The van der Waals surface area contributed by atoms with Crippen LogP contribution in [-0.2, 0) is 0 Å². The van der Waals surface area contributed by atoms with Gasteiger partial charge in [-0.05, 0) is 38.5 Å². The maximum atomic E-state index is 3.72. The lowest BCUT2D eigenvalue weighted by atomic mass is 10.0. The molecule has 0 aromatic rings. The van der Waals surface area contributed by atoms with Crippen LogP contribution in [0.5, 0.6) is 0 Å². The van der Waals surface area contributed by atoms with Gasteiger partial charge in [0, 0.05) is 24.0 Å². The minimum Gasteiger partial charge on any atom is -0.299 e. The molecule has 70 valence electrons. The second-order valence-electron chi connectivity index (χ2n) is 4.42. The SMILES string of the molecule is CC1CCC(Br)CN1CC1CC1. The Labute approximate surface area is 83.6 Å². The smallest absolute Gasteiger partial charge is 0.0273 e. The van der Waals surface area contributed by atoms with Gasteiger partial charge in [-0.25, -0.2) is 0 Å². The van der Waals surface area contributed by atoms with Gasteiger partial charge in [-0.3, -0.25) is 4.90 Å². The minimum atomic E-state index is 0.757. The second kappa shape index (κ2) is 3.67. The lowest BCUT2D eigenvalue weighted by molar-refractivity contribution is 0.160. The third-order valence-corrected chi connectivity index (χ3v) is 3.89. The molecule has 0 aromatic heterocycles. The molecule has 2 fully saturated rings. The first-order chi connectivity index (χ1) is 5.75. The molecule has 2 unspecified atom stereocenters. The molecule has 2 atom stereocenters. The van der Waals surface area contributed by atoms with E-state index >= 15 is 0 Å². The molecule has 1 saturated heterocycles. The van der Waals surface area contributed by atoms with E-state index < -0.39 is 0 Å². The van der Waals surface area contributed by atoms with E-state index in [1.807, 2.05) is 0 Å². The Morgan fingerprint density at radius 2 is 2.00 bits per heavy atom. The van der Waals surface area contributed by atoms with Gasteiger partial charge in [0.05, 0.1) is 0 Å². The molecular weight excluding hydrogens is 214 g/mol. The number of halogens is 1. The third-order valence-electron chi connectivity index (χ3n) is 3.14. The van der Waals surface area contributed by atoms with Crippen molar-refractivity contribution in [1.29, 1.82) is 0 Å². The number of likely N-dealkylation sites (tertiary alicyclic amines) is 1. The number of rotatable bonds is 2. The highest BCUT2D eigenvalue weighted by molar-refractivity contribution is 9.09. The first kappa shape index (κ1) is 9.01. The maximum absolute atomic E-state index is 3.72. The summed E-state index contributed by atoms with van der Waals surface area (Å²) < 4.78 is 0. The van der Waals surface area contributed by atoms with Gasteiger partial charge >= 0.3 is 0 Å². The van der Waals surface area contributed by atoms with Gasteiger partial charge in [0.1, 0.15) is 0 Å². The van der Waals surface area contributed by atoms with Crippen molar-refractivity contribution in [2.45, 2.75) is 43.5 Å². The van der Waals surface area contributed by atoms with Gasteiger partial charge in [-0.15, -0.1) is 0 Å². The molecule has 2 rings (SSSR count). The molecule has 0 spiro atoms. The van der Waals surface area contributed by atoms with Crippen molar-refractivity contribution >= 4 is 15.9 Å². The number of nitrogens with zero attached hydrogens (tertiary/aromatic N) is 1. The molecule has 0 N–H and O–H groups in total. The Morgan fingerprint density at radius 3 is 2.67 bits per heavy atom. The van der Waals surface area contributed by atoms with E-state index in [0.717, 1.165) is 16.8 Å². The van der Waals surface area contributed by atoms with Gasteiger partial charge in [-0.1, -0.05) is 15.9 Å². The van der Waals surface area contributed by atoms with Crippen LogP contribution in [0.15, 0.2) is 0 Å². The predicted octanol–water partition coefficient (Wildman–Crippen LogP) is 2.64. The van der Waals surface area contributed by atoms with Crippen molar-refractivity contribution in [3.8, 4) is 0 Å². The molecule has 2 aliphatic rings. The first-order valence-corrected chi connectivity index (χ1v) is 6.05. The van der Waals surface area contributed by atoms with Crippen molar-refractivity contribution in [2.24, 2.45) is 5.92 Å². The Bertz CT molecular complexity index is 154. The summed E-state index contributed by atoms with van der Waals surface area (Å²) in [5, 5.41) is 0. The summed E-state index contributed by atoms with van der Waals surface area (Å²) in [6, 6.07) is 0.833. The van der Waals surface area contributed by atoms with Gasteiger partial charge < -0.3 is 0 Å². The molecule has 2 heteroatoms. The molecule has 12 heavy (non-hydrogen) atoms. The summed E-state index contributed by atoms with van der Waals surface area (Å²) in [6.45, 7) is 5.02. The molecule has 0 aromatic carbocycles. The normalized spacial score (nSPS) is 38.5. The van der Waals surface area contributed by atoms with Crippen LogP contribution in [-0.4, -0.2) is 28.9 Å². The Morgan fingerprint density at radius 1 is 1.25 bits per heavy atom. The maximum Gasteiger partial charge on any atom is 0.0273 e. The van der Waals surface area contributed by atoms with E-state index in [9.17, 15) is 0 Å². The fourth-order valence-corrected chi connectivity index (χ4v) is 2.65. The van der Waals surface area contributed by atoms with Crippen LogP contribution >= 0.6 is 15.9 Å². The van der Waals surface area contributed by atoms with E-state index in [4.69, 9.17) is 0 Å². The van der Waals surface area contributed by atoms with Gasteiger partial charge in [-0.2, -0.15) is 0 Å². The summed E-state index contributed by atoms with van der Waals surface area (Å²) >= 11 is 3.72. The van der Waals surface area contributed by atoms with E-state index in [1.165, 1.54) is 38.8 Å². The van der Waals surface area contributed by atoms with Gasteiger partial charge in [0.15, 0.2) is 0 Å². The molecule has 1 heterocycles. The van der Waals surface area contributed by atoms with Crippen LogP contribution in [0, 0.1) is 5.92 Å². The fraction of sp³-hybridized carbons (Fsp3) is 1.00. The average Bonchev–Trinajstić information content (AvgIpc) is 2.81.